The molecule has 0 fully saturated rings. The van der Waals surface area contributed by atoms with Crippen molar-refractivity contribution >= 4 is 35.1 Å². The van der Waals surface area contributed by atoms with E-state index in [0.717, 1.165) is 13.0 Å². The molecule has 37 heavy (non-hydrogen) atoms. The highest BCUT2D eigenvalue weighted by Crippen LogP contribution is 2.43. The van der Waals surface area contributed by atoms with E-state index in [2.05, 4.69) is 5.32 Å². The smallest absolute Gasteiger partial charge is 0.344 e. The Morgan fingerprint density at radius 3 is 2.00 bits per heavy atom. The first-order valence-electron chi connectivity index (χ1n) is 10.9. The molecule has 0 aliphatic rings. The summed E-state index contributed by atoms with van der Waals surface area (Å²) in [5.41, 5.74) is -0.120. The van der Waals surface area contributed by atoms with Crippen LogP contribution in [0.5, 0.6) is 17.2 Å². The number of hydrogen-bond acceptors (Lipinski definition) is 8. The Morgan fingerprint density at radius 2 is 1.43 bits per heavy atom. The first kappa shape index (κ1) is 26.6. The molecule has 190 valence electrons. The molecule has 10 heteroatoms. The average Bonchev–Trinajstić information content (AvgIpc) is 2.87. The van der Waals surface area contributed by atoms with Gasteiger partial charge in [0.1, 0.15) is 0 Å². The maximum atomic E-state index is 13.2. The van der Waals surface area contributed by atoms with Crippen molar-refractivity contribution in [3.05, 3.63) is 82.4 Å². The van der Waals surface area contributed by atoms with Gasteiger partial charge in [0.25, 0.3) is 5.91 Å². The van der Waals surface area contributed by atoms with Gasteiger partial charge in [0.15, 0.2) is 23.1 Å². The van der Waals surface area contributed by atoms with Gasteiger partial charge in [0.05, 0.1) is 36.5 Å². The van der Waals surface area contributed by atoms with Gasteiger partial charge in [-0.15, -0.1) is 0 Å². The second kappa shape index (κ2) is 11.2. The molecule has 0 saturated heterocycles. The topological polar surface area (TPSA) is 145 Å². The van der Waals surface area contributed by atoms with E-state index in [9.17, 15) is 29.1 Å². The highest BCUT2D eigenvalue weighted by Gasteiger charge is 2.29. The molecule has 0 aromatic heterocycles. The quantitative estimate of drug-likeness (QED) is 0.247. The fraction of sp³-hybridized carbons (Fsp3) is 0.148. The van der Waals surface area contributed by atoms with Gasteiger partial charge in [-0.25, -0.2) is 9.59 Å². The number of rotatable bonds is 9. The number of ether oxygens (including phenoxy) is 3. The normalized spacial score (nSPS) is 10.3. The molecule has 3 rings (SSSR count). The predicted molar refractivity (Wildman–Crippen MR) is 132 cm³/mol. The second-order valence-electron chi connectivity index (χ2n) is 7.75. The summed E-state index contributed by atoms with van der Waals surface area (Å²) in [6.45, 7) is 2.54. The number of benzene rings is 3. The van der Waals surface area contributed by atoms with Crippen molar-refractivity contribution < 1.29 is 43.3 Å². The van der Waals surface area contributed by atoms with E-state index >= 15 is 0 Å². The second-order valence-corrected chi connectivity index (χ2v) is 7.75. The van der Waals surface area contributed by atoms with Crippen LogP contribution in [0.25, 0.3) is 0 Å². The van der Waals surface area contributed by atoms with Gasteiger partial charge in [0.2, 0.25) is 5.75 Å². The lowest BCUT2D eigenvalue weighted by Crippen LogP contribution is -2.20. The van der Waals surface area contributed by atoms with Crippen LogP contribution in [0.2, 0.25) is 0 Å². The number of aromatic carboxylic acids is 1. The molecule has 3 aromatic rings. The van der Waals surface area contributed by atoms with Crippen LogP contribution >= 0.6 is 0 Å². The maximum Gasteiger partial charge on any atom is 0.344 e. The van der Waals surface area contributed by atoms with Crippen molar-refractivity contribution in [2.45, 2.75) is 13.8 Å². The van der Waals surface area contributed by atoms with Crippen molar-refractivity contribution in [2.24, 2.45) is 0 Å². The molecular weight excluding hydrogens is 482 g/mol. The first-order valence-corrected chi connectivity index (χ1v) is 10.9. The van der Waals surface area contributed by atoms with Gasteiger partial charge >= 0.3 is 11.9 Å². The van der Waals surface area contributed by atoms with Crippen molar-refractivity contribution in [3.8, 4) is 17.2 Å². The van der Waals surface area contributed by atoms with Gasteiger partial charge in [-0.3, -0.25) is 14.4 Å². The van der Waals surface area contributed by atoms with Crippen LogP contribution in [0.3, 0.4) is 0 Å². The molecule has 0 saturated carbocycles. The van der Waals surface area contributed by atoms with Crippen LogP contribution in [0.1, 0.15) is 65.6 Å². The van der Waals surface area contributed by atoms with E-state index in [1.54, 1.807) is 24.3 Å². The SMILES string of the molecule is COc1cc(C(=O)O)c(C(C)=O)c(OC)c1OC(=O)c1ccccc1C(=O)Nc1cccc(C(C)=O)c1. The molecule has 0 aliphatic carbocycles. The predicted octanol–water partition coefficient (Wildman–Crippen LogP) is 4.28. The van der Waals surface area contributed by atoms with Crippen molar-refractivity contribution in [3.63, 3.8) is 0 Å². The molecule has 3 aromatic carbocycles. The number of carboxylic acids is 1. The molecule has 0 heterocycles. The molecule has 2 N–H and O–H groups in total. The highest BCUT2D eigenvalue weighted by atomic mass is 16.6. The van der Waals surface area contributed by atoms with Crippen molar-refractivity contribution in [2.75, 3.05) is 19.5 Å². The minimum Gasteiger partial charge on any atom is -0.493 e. The fourth-order valence-electron chi connectivity index (χ4n) is 3.60. The molecule has 1 amide bonds. The van der Waals surface area contributed by atoms with E-state index in [1.165, 1.54) is 45.4 Å². The van der Waals surface area contributed by atoms with Gasteiger partial charge < -0.3 is 24.6 Å². The summed E-state index contributed by atoms with van der Waals surface area (Å²) in [6.07, 6.45) is 0. The van der Waals surface area contributed by atoms with E-state index in [-0.39, 0.29) is 39.7 Å². The van der Waals surface area contributed by atoms with E-state index in [1.807, 2.05) is 0 Å². The Kier molecular flexibility index (Phi) is 8.03. The number of hydrogen-bond donors (Lipinski definition) is 2. The number of amides is 1. The summed E-state index contributed by atoms with van der Waals surface area (Å²) in [6, 6.07) is 13.2. The lowest BCUT2D eigenvalue weighted by molar-refractivity contribution is 0.0690. The number of anilines is 1. The summed E-state index contributed by atoms with van der Waals surface area (Å²) >= 11 is 0. The standard InChI is InChI=1S/C27H23NO9/c1-14(29)16-8-7-9-17(12-16)28-25(31)18-10-5-6-11-19(18)27(34)37-23-21(35-3)13-20(26(32)33)22(15(2)30)24(23)36-4/h5-13H,1-4H3,(H,28,31)(H,32,33). The van der Waals surface area contributed by atoms with Gasteiger partial charge in [-0.1, -0.05) is 24.3 Å². The molecular formula is C27H23NO9. The first-order chi connectivity index (χ1) is 17.6. The summed E-state index contributed by atoms with van der Waals surface area (Å²) in [4.78, 5) is 61.8. The number of Topliss-reactive ketones (excluding diaryl/α,β-unsaturated/α-hetero) is 2. The Labute approximate surface area is 211 Å². The van der Waals surface area contributed by atoms with Gasteiger partial charge in [-0.2, -0.15) is 0 Å². The molecule has 0 unspecified atom stereocenters. The lowest BCUT2D eigenvalue weighted by Gasteiger charge is -2.18. The minimum absolute atomic E-state index is 0.0346. The fourth-order valence-corrected chi connectivity index (χ4v) is 3.60. The monoisotopic (exact) mass is 505 g/mol. The van der Waals surface area contributed by atoms with Crippen LogP contribution in [-0.4, -0.2) is 48.7 Å². The number of carbonyl (C=O) groups excluding carboxylic acids is 4. The van der Waals surface area contributed by atoms with Crippen LogP contribution in [0, 0.1) is 0 Å². The zero-order chi connectivity index (χ0) is 27.3. The molecule has 0 atom stereocenters. The molecule has 0 aliphatic heterocycles. The minimum atomic E-state index is -1.41. The number of esters is 1. The molecule has 0 bridgehead atoms. The Hall–Kier alpha value is -4.99. The number of ketones is 2. The van der Waals surface area contributed by atoms with Gasteiger partial charge in [0, 0.05) is 11.3 Å². The zero-order valence-corrected chi connectivity index (χ0v) is 20.4. The third kappa shape index (κ3) is 5.64. The van der Waals surface area contributed by atoms with Crippen LogP contribution in [0.4, 0.5) is 5.69 Å². The zero-order valence-electron chi connectivity index (χ0n) is 20.4. The van der Waals surface area contributed by atoms with Crippen molar-refractivity contribution in [1.29, 1.82) is 0 Å². The molecule has 0 radical (unpaired) electrons. The van der Waals surface area contributed by atoms with E-state index in [4.69, 9.17) is 14.2 Å². The van der Waals surface area contributed by atoms with Crippen LogP contribution in [0.15, 0.2) is 54.6 Å². The summed E-state index contributed by atoms with van der Waals surface area (Å²) < 4.78 is 15.9. The third-order valence-corrected chi connectivity index (χ3v) is 5.32. The number of nitrogens with one attached hydrogen (secondary N) is 1. The van der Waals surface area contributed by atoms with Gasteiger partial charge in [-0.05, 0) is 44.2 Å². The largest absolute Gasteiger partial charge is 0.493 e. The summed E-state index contributed by atoms with van der Waals surface area (Å²) in [7, 11) is 2.41. The lowest BCUT2D eigenvalue weighted by atomic mass is 10.0. The van der Waals surface area contributed by atoms with Crippen molar-refractivity contribution in [1.82, 2.24) is 0 Å². The van der Waals surface area contributed by atoms with Crippen LogP contribution in [-0.2, 0) is 0 Å². The van der Waals surface area contributed by atoms with E-state index in [0.29, 0.717) is 11.3 Å². The highest BCUT2D eigenvalue weighted by molar-refractivity contribution is 6.12. The number of carboxylic acid groups (broad SMARTS) is 1. The Morgan fingerprint density at radius 1 is 0.757 bits per heavy atom. The maximum absolute atomic E-state index is 13.2. The Bertz CT molecular complexity index is 1430. The third-order valence-electron chi connectivity index (χ3n) is 5.32. The number of methoxy groups -OCH3 is 2. The van der Waals surface area contributed by atoms with E-state index < -0.39 is 29.2 Å². The number of carbonyl (C=O) groups is 5. The van der Waals surface area contributed by atoms with Crippen LogP contribution < -0.4 is 19.5 Å². The Balaban J connectivity index is 2.02. The summed E-state index contributed by atoms with van der Waals surface area (Å²) in [5, 5.41) is 12.2. The average molecular weight is 505 g/mol. The molecule has 10 nitrogen and oxygen atoms in total. The molecule has 0 spiro atoms. The summed E-state index contributed by atoms with van der Waals surface area (Å²) in [5.74, 6) is -4.65.